The number of rotatable bonds is 4. The highest BCUT2D eigenvalue weighted by Crippen LogP contribution is 2.33. The Bertz CT molecular complexity index is 503. The van der Waals surface area contributed by atoms with E-state index >= 15 is 0 Å². The summed E-state index contributed by atoms with van der Waals surface area (Å²) in [6.45, 7) is 4.41. The van der Waals surface area contributed by atoms with Crippen LogP contribution in [0.4, 0.5) is 5.13 Å². The Balaban J connectivity index is 0.00000176. The smallest absolute Gasteiger partial charge is 0.227 e. The molecule has 5 nitrogen and oxygen atoms in total. The van der Waals surface area contributed by atoms with Crippen molar-refractivity contribution in [2.45, 2.75) is 45.1 Å². The van der Waals surface area contributed by atoms with Crippen molar-refractivity contribution in [2.75, 3.05) is 25.1 Å². The van der Waals surface area contributed by atoms with Gasteiger partial charge in [0.1, 0.15) is 0 Å². The molecule has 1 aliphatic heterocycles. The number of anilines is 1. The zero-order valence-electron chi connectivity index (χ0n) is 12.9. The van der Waals surface area contributed by atoms with Crippen LogP contribution in [0.3, 0.4) is 0 Å². The van der Waals surface area contributed by atoms with Crippen LogP contribution in [0.15, 0.2) is 0 Å². The van der Waals surface area contributed by atoms with Crippen molar-refractivity contribution >= 4 is 34.8 Å². The molecule has 2 heterocycles. The number of carbonyl (C=O) groups is 1. The summed E-state index contributed by atoms with van der Waals surface area (Å²) < 4.78 is 5.37. The maximum absolute atomic E-state index is 12.1. The molecule has 3 rings (SSSR count). The molecule has 124 valence electrons. The fourth-order valence-electron chi connectivity index (χ4n) is 2.99. The Kier molecular flexibility index (Phi) is 6.62. The van der Waals surface area contributed by atoms with Gasteiger partial charge in [0.2, 0.25) is 5.91 Å². The molecule has 2 aliphatic rings. The number of amides is 1. The molecule has 1 aromatic rings. The molecule has 1 fully saturated rings. The third-order valence-corrected chi connectivity index (χ3v) is 5.33. The lowest BCUT2D eigenvalue weighted by atomic mass is 9.89. The molecule has 0 aromatic carbocycles. The molecule has 0 bridgehead atoms. The Morgan fingerprint density at radius 3 is 3.14 bits per heavy atom. The van der Waals surface area contributed by atoms with E-state index in [-0.39, 0.29) is 24.4 Å². The monoisotopic (exact) mass is 345 g/mol. The fourth-order valence-corrected chi connectivity index (χ4v) is 4.13. The molecule has 7 heteroatoms. The zero-order valence-corrected chi connectivity index (χ0v) is 14.5. The van der Waals surface area contributed by atoms with Crippen LogP contribution >= 0.6 is 23.7 Å². The molecule has 2 atom stereocenters. The number of aromatic nitrogens is 1. The number of nitrogens with zero attached hydrogens (tertiary/aromatic N) is 1. The molecule has 1 aliphatic carbocycles. The summed E-state index contributed by atoms with van der Waals surface area (Å²) in [6, 6.07) is 0.123. The summed E-state index contributed by atoms with van der Waals surface area (Å²) in [7, 11) is 0. The maximum atomic E-state index is 12.1. The van der Waals surface area contributed by atoms with Crippen LogP contribution in [-0.2, 0) is 22.4 Å². The minimum absolute atomic E-state index is 0. The van der Waals surface area contributed by atoms with Crippen molar-refractivity contribution in [3.63, 3.8) is 0 Å². The van der Waals surface area contributed by atoms with E-state index in [1.54, 1.807) is 11.3 Å². The van der Waals surface area contributed by atoms with Crippen LogP contribution in [0.5, 0.6) is 0 Å². The summed E-state index contributed by atoms with van der Waals surface area (Å²) in [5.74, 6) is 0.807. The number of carbonyl (C=O) groups excluding carboxylic acids is 1. The molecule has 0 saturated carbocycles. The number of aryl methyl sites for hydroxylation is 1. The van der Waals surface area contributed by atoms with Crippen molar-refractivity contribution in [3.05, 3.63) is 10.6 Å². The van der Waals surface area contributed by atoms with E-state index in [4.69, 9.17) is 4.74 Å². The normalized spacial score (nSPS) is 24.2. The average molecular weight is 346 g/mol. The van der Waals surface area contributed by atoms with E-state index < -0.39 is 0 Å². The largest absolute Gasteiger partial charge is 0.378 e. The predicted molar refractivity (Wildman–Crippen MR) is 91.0 cm³/mol. The summed E-state index contributed by atoms with van der Waals surface area (Å²) >= 11 is 1.65. The Labute approximate surface area is 141 Å². The average Bonchev–Trinajstić information content (AvgIpc) is 2.89. The lowest BCUT2D eigenvalue weighted by molar-refractivity contribution is -0.117. The third kappa shape index (κ3) is 4.41. The van der Waals surface area contributed by atoms with Gasteiger partial charge in [-0.2, -0.15) is 0 Å². The van der Waals surface area contributed by atoms with Gasteiger partial charge in [0.15, 0.2) is 5.13 Å². The quantitative estimate of drug-likeness (QED) is 0.879. The van der Waals surface area contributed by atoms with Crippen LogP contribution in [0.1, 0.15) is 36.8 Å². The lowest BCUT2D eigenvalue weighted by Gasteiger charge is -2.22. The van der Waals surface area contributed by atoms with Crippen LogP contribution in [0, 0.1) is 5.92 Å². The Morgan fingerprint density at radius 2 is 2.41 bits per heavy atom. The minimum atomic E-state index is 0. The van der Waals surface area contributed by atoms with Crippen molar-refractivity contribution < 1.29 is 9.53 Å². The molecular weight excluding hydrogens is 322 g/mol. The molecule has 0 radical (unpaired) electrons. The number of ether oxygens (including phenoxy) is 1. The molecule has 1 amide bonds. The van der Waals surface area contributed by atoms with E-state index in [2.05, 4.69) is 22.5 Å². The van der Waals surface area contributed by atoms with Gasteiger partial charge < -0.3 is 15.4 Å². The highest BCUT2D eigenvalue weighted by atomic mass is 35.5. The third-order valence-electron chi connectivity index (χ3n) is 4.30. The first kappa shape index (κ1) is 17.7. The van der Waals surface area contributed by atoms with Gasteiger partial charge in [-0.1, -0.05) is 13.3 Å². The number of morpholine rings is 1. The fraction of sp³-hybridized carbons (Fsp3) is 0.733. The molecule has 2 unspecified atom stereocenters. The lowest BCUT2D eigenvalue weighted by Crippen LogP contribution is -2.43. The zero-order chi connectivity index (χ0) is 14.7. The standard InChI is InChI=1S/C15H23N3O2S.ClH/c1-2-10-3-4-12-13(7-10)21-15(17-12)18-14(19)8-11-9-20-6-5-16-11;/h10-11,16H,2-9H2,1H3,(H,17,18,19);1H. The van der Waals surface area contributed by atoms with E-state index in [1.165, 1.54) is 23.4 Å². The Hall–Kier alpha value is -0.690. The number of hydrogen-bond acceptors (Lipinski definition) is 5. The summed E-state index contributed by atoms with van der Waals surface area (Å²) in [5, 5.41) is 7.01. The van der Waals surface area contributed by atoms with Crippen LogP contribution in [0.2, 0.25) is 0 Å². The van der Waals surface area contributed by atoms with Gasteiger partial charge >= 0.3 is 0 Å². The number of thiazole rings is 1. The van der Waals surface area contributed by atoms with E-state index in [1.807, 2.05) is 0 Å². The summed E-state index contributed by atoms with van der Waals surface area (Å²) in [4.78, 5) is 18.0. The molecule has 2 N–H and O–H groups in total. The van der Waals surface area contributed by atoms with Crippen molar-refractivity contribution in [1.29, 1.82) is 0 Å². The molecule has 22 heavy (non-hydrogen) atoms. The van der Waals surface area contributed by atoms with E-state index in [0.717, 1.165) is 37.0 Å². The SMILES string of the molecule is CCC1CCc2nc(NC(=O)CC3COCCN3)sc2C1.Cl. The first-order chi connectivity index (χ1) is 10.2. The first-order valence-electron chi connectivity index (χ1n) is 7.84. The predicted octanol–water partition coefficient (Wildman–Crippen LogP) is 2.40. The first-order valence-corrected chi connectivity index (χ1v) is 8.65. The van der Waals surface area contributed by atoms with Gasteiger partial charge in [0.05, 0.1) is 18.9 Å². The second-order valence-corrected chi connectivity index (χ2v) is 6.97. The van der Waals surface area contributed by atoms with Gasteiger partial charge in [-0.05, 0) is 25.2 Å². The van der Waals surface area contributed by atoms with Crippen LogP contribution in [0.25, 0.3) is 0 Å². The highest BCUT2D eigenvalue weighted by molar-refractivity contribution is 7.15. The van der Waals surface area contributed by atoms with Gasteiger partial charge in [-0.25, -0.2) is 4.98 Å². The highest BCUT2D eigenvalue weighted by Gasteiger charge is 2.23. The molecule has 1 aromatic heterocycles. The molecule has 1 saturated heterocycles. The Morgan fingerprint density at radius 1 is 1.55 bits per heavy atom. The molecule has 0 spiro atoms. The number of hydrogen-bond donors (Lipinski definition) is 2. The second-order valence-electron chi connectivity index (χ2n) is 5.88. The van der Waals surface area contributed by atoms with Crippen molar-refractivity contribution in [2.24, 2.45) is 5.92 Å². The van der Waals surface area contributed by atoms with E-state index in [0.29, 0.717) is 13.0 Å². The van der Waals surface area contributed by atoms with Crippen LogP contribution < -0.4 is 10.6 Å². The number of halogens is 1. The van der Waals surface area contributed by atoms with E-state index in [9.17, 15) is 4.79 Å². The van der Waals surface area contributed by atoms with Gasteiger partial charge in [-0.15, -0.1) is 23.7 Å². The maximum Gasteiger partial charge on any atom is 0.227 e. The van der Waals surface area contributed by atoms with Gasteiger partial charge in [0.25, 0.3) is 0 Å². The summed E-state index contributed by atoms with van der Waals surface area (Å²) in [5.41, 5.74) is 1.19. The van der Waals surface area contributed by atoms with Gasteiger partial charge in [-0.3, -0.25) is 4.79 Å². The molecular formula is C15H24ClN3O2S. The van der Waals surface area contributed by atoms with Gasteiger partial charge in [0, 0.05) is 23.9 Å². The number of nitrogens with one attached hydrogen (secondary N) is 2. The summed E-state index contributed by atoms with van der Waals surface area (Å²) in [6.07, 6.45) is 5.08. The van der Waals surface area contributed by atoms with Crippen molar-refractivity contribution in [1.82, 2.24) is 10.3 Å². The minimum Gasteiger partial charge on any atom is -0.378 e. The van der Waals surface area contributed by atoms with Crippen molar-refractivity contribution in [3.8, 4) is 0 Å². The second kappa shape index (κ2) is 8.24. The van der Waals surface area contributed by atoms with Crippen LogP contribution in [-0.4, -0.2) is 36.7 Å². The number of fused-ring (bicyclic) bond motifs is 1. The topological polar surface area (TPSA) is 63.2 Å².